The molecule has 0 spiro atoms. The SMILES string of the molecule is CCCCNC(=O)NS(=O)(=O)c1cnccc1Sc1ccc(C)cc1. The lowest BCUT2D eigenvalue weighted by molar-refractivity contribution is 0.245. The van der Waals surface area contributed by atoms with E-state index in [1.165, 1.54) is 24.2 Å². The Morgan fingerprint density at radius 3 is 2.60 bits per heavy atom. The van der Waals surface area contributed by atoms with Crippen LogP contribution in [-0.4, -0.2) is 26.0 Å². The number of rotatable bonds is 7. The van der Waals surface area contributed by atoms with Gasteiger partial charge < -0.3 is 5.32 Å². The van der Waals surface area contributed by atoms with E-state index in [0.717, 1.165) is 23.3 Å². The molecule has 2 amide bonds. The van der Waals surface area contributed by atoms with Crippen molar-refractivity contribution in [2.45, 2.75) is 41.4 Å². The summed E-state index contributed by atoms with van der Waals surface area (Å²) in [5.74, 6) is 0. The number of benzene rings is 1. The average Bonchev–Trinajstić information content (AvgIpc) is 2.57. The fourth-order valence-corrected chi connectivity index (χ4v) is 4.20. The van der Waals surface area contributed by atoms with Gasteiger partial charge >= 0.3 is 6.03 Å². The molecule has 8 heteroatoms. The quantitative estimate of drug-likeness (QED) is 0.721. The second-order valence-corrected chi connectivity index (χ2v) is 8.22. The molecule has 25 heavy (non-hydrogen) atoms. The number of hydrogen-bond acceptors (Lipinski definition) is 5. The first-order chi connectivity index (χ1) is 11.9. The van der Waals surface area contributed by atoms with Gasteiger partial charge in [-0.15, -0.1) is 0 Å². The smallest absolute Gasteiger partial charge is 0.328 e. The summed E-state index contributed by atoms with van der Waals surface area (Å²) in [6.07, 6.45) is 4.47. The van der Waals surface area contributed by atoms with Crippen LogP contribution in [-0.2, 0) is 10.0 Å². The number of carbonyl (C=O) groups excluding carboxylic acids is 1. The molecule has 0 aliphatic heterocycles. The lowest BCUT2D eigenvalue weighted by Crippen LogP contribution is -2.39. The van der Waals surface area contributed by atoms with Crippen LogP contribution in [0.5, 0.6) is 0 Å². The fourth-order valence-electron chi connectivity index (χ4n) is 1.98. The van der Waals surface area contributed by atoms with Gasteiger partial charge in [0.05, 0.1) is 0 Å². The van der Waals surface area contributed by atoms with Crippen LogP contribution >= 0.6 is 11.8 Å². The van der Waals surface area contributed by atoms with E-state index in [1.54, 1.807) is 6.07 Å². The highest BCUT2D eigenvalue weighted by atomic mass is 32.2. The van der Waals surface area contributed by atoms with E-state index in [-0.39, 0.29) is 4.90 Å². The number of urea groups is 1. The van der Waals surface area contributed by atoms with Crippen LogP contribution in [0.15, 0.2) is 57.4 Å². The minimum atomic E-state index is -4.00. The van der Waals surface area contributed by atoms with Crippen molar-refractivity contribution in [2.24, 2.45) is 0 Å². The lowest BCUT2D eigenvalue weighted by Gasteiger charge is -2.11. The van der Waals surface area contributed by atoms with E-state index in [0.29, 0.717) is 11.4 Å². The van der Waals surface area contributed by atoms with E-state index < -0.39 is 16.1 Å². The highest BCUT2D eigenvalue weighted by Crippen LogP contribution is 2.32. The summed E-state index contributed by atoms with van der Waals surface area (Å²) in [7, 11) is -4.00. The van der Waals surface area contributed by atoms with Crippen molar-refractivity contribution in [3.63, 3.8) is 0 Å². The molecule has 2 rings (SSSR count). The maximum atomic E-state index is 12.5. The molecule has 134 valence electrons. The summed E-state index contributed by atoms with van der Waals surface area (Å²) in [6, 6.07) is 8.63. The van der Waals surface area contributed by atoms with Crippen molar-refractivity contribution < 1.29 is 13.2 Å². The summed E-state index contributed by atoms with van der Waals surface area (Å²) < 4.78 is 27.1. The van der Waals surface area contributed by atoms with Crippen LogP contribution in [0.1, 0.15) is 25.3 Å². The zero-order valence-electron chi connectivity index (χ0n) is 14.2. The van der Waals surface area contributed by atoms with Gasteiger partial charge in [0.1, 0.15) is 4.90 Å². The first kappa shape index (κ1) is 19.3. The van der Waals surface area contributed by atoms with Gasteiger partial charge in [0, 0.05) is 28.7 Å². The van der Waals surface area contributed by atoms with Crippen molar-refractivity contribution in [1.29, 1.82) is 0 Å². The molecule has 2 N–H and O–H groups in total. The molecule has 0 unspecified atom stereocenters. The van der Waals surface area contributed by atoms with E-state index in [9.17, 15) is 13.2 Å². The molecule has 1 aromatic carbocycles. The molecule has 2 aromatic rings. The number of amides is 2. The normalized spacial score (nSPS) is 11.1. The van der Waals surface area contributed by atoms with Gasteiger partial charge in [-0.25, -0.2) is 17.9 Å². The first-order valence-corrected chi connectivity index (χ1v) is 10.2. The van der Waals surface area contributed by atoms with Crippen molar-refractivity contribution in [3.05, 3.63) is 48.3 Å². The fraction of sp³-hybridized carbons (Fsp3) is 0.294. The minimum absolute atomic E-state index is 0.0220. The number of carbonyl (C=O) groups is 1. The molecular formula is C17H21N3O3S2. The predicted molar refractivity (Wildman–Crippen MR) is 98.2 cm³/mol. The highest BCUT2D eigenvalue weighted by molar-refractivity contribution is 8.00. The highest BCUT2D eigenvalue weighted by Gasteiger charge is 2.22. The summed E-state index contributed by atoms with van der Waals surface area (Å²) in [5, 5.41) is 2.53. The number of hydrogen-bond donors (Lipinski definition) is 2. The third kappa shape index (κ3) is 5.75. The average molecular weight is 380 g/mol. The second kappa shape index (κ2) is 8.87. The lowest BCUT2D eigenvalue weighted by atomic mass is 10.2. The van der Waals surface area contributed by atoms with Crippen molar-refractivity contribution in [3.8, 4) is 0 Å². The summed E-state index contributed by atoms with van der Waals surface area (Å²) >= 11 is 1.31. The Morgan fingerprint density at radius 1 is 1.20 bits per heavy atom. The standard InChI is InChI=1S/C17H21N3O3S2/c1-3-4-10-19-17(21)20-25(22,23)16-12-18-11-9-15(16)24-14-7-5-13(2)6-8-14/h5-9,11-12H,3-4,10H2,1-2H3,(H2,19,20,21). The Bertz CT molecular complexity index is 821. The summed E-state index contributed by atoms with van der Waals surface area (Å²) in [4.78, 5) is 17.1. The number of aryl methyl sites for hydroxylation is 1. The Morgan fingerprint density at radius 2 is 1.92 bits per heavy atom. The summed E-state index contributed by atoms with van der Waals surface area (Å²) in [5.41, 5.74) is 1.12. The van der Waals surface area contributed by atoms with Gasteiger partial charge in [-0.05, 0) is 31.5 Å². The topological polar surface area (TPSA) is 88.2 Å². The van der Waals surface area contributed by atoms with Crippen LogP contribution < -0.4 is 10.0 Å². The molecule has 0 aliphatic carbocycles. The Kier molecular flexibility index (Phi) is 6.83. The van der Waals surface area contributed by atoms with Crippen molar-refractivity contribution in [1.82, 2.24) is 15.0 Å². The molecular weight excluding hydrogens is 358 g/mol. The monoisotopic (exact) mass is 379 g/mol. The molecule has 1 aromatic heterocycles. The first-order valence-electron chi connectivity index (χ1n) is 7.91. The number of unbranched alkanes of at least 4 members (excludes halogenated alkanes) is 1. The third-order valence-electron chi connectivity index (χ3n) is 3.33. The molecule has 0 aliphatic rings. The zero-order chi connectivity index (χ0) is 18.3. The third-order valence-corrected chi connectivity index (χ3v) is 5.90. The Hall–Kier alpha value is -2.06. The maximum absolute atomic E-state index is 12.5. The van der Waals surface area contributed by atoms with E-state index in [2.05, 4.69) is 10.3 Å². The number of nitrogens with zero attached hydrogens (tertiary/aromatic N) is 1. The van der Waals surface area contributed by atoms with Crippen LogP contribution in [0.4, 0.5) is 4.79 Å². The van der Waals surface area contributed by atoms with Gasteiger partial charge in [-0.1, -0.05) is 42.8 Å². The van der Waals surface area contributed by atoms with Gasteiger partial charge in [-0.3, -0.25) is 4.98 Å². The number of nitrogens with one attached hydrogen (secondary N) is 2. The van der Waals surface area contributed by atoms with Gasteiger partial charge in [0.15, 0.2) is 0 Å². The van der Waals surface area contributed by atoms with Crippen LogP contribution in [0.3, 0.4) is 0 Å². The molecule has 0 fully saturated rings. The molecule has 0 saturated heterocycles. The van der Waals surface area contributed by atoms with Crippen LogP contribution in [0.25, 0.3) is 0 Å². The van der Waals surface area contributed by atoms with E-state index in [4.69, 9.17) is 0 Å². The number of aromatic nitrogens is 1. The number of pyridine rings is 1. The van der Waals surface area contributed by atoms with Gasteiger partial charge in [0.2, 0.25) is 0 Å². The van der Waals surface area contributed by atoms with Gasteiger partial charge in [0.25, 0.3) is 10.0 Å². The van der Waals surface area contributed by atoms with Crippen LogP contribution in [0, 0.1) is 6.92 Å². The molecule has 0 bridgehead atoms. The molecule has 0 atom stereocenters. The minimum Gasteiger partial charge on any atom is -0.337 e. The molecule has 0 radical (unpaired) electrons. The largest absolute Gasteiger partial charge is 0.337 e. The van der Waals surface area contributed by atoms with Gasteiger partial charge in [-0.2, -0.15) is 0 Å². The second-order valence-electron chi connectivity index (χ2n) is 5.45. The Balaban J connectivity index is 2.17. The van der Waals surface area contributed by atoms with Crippen LogP contribution in [0.2, 0.25) is 0 Å². The Labute approximate surface area is 152 Å². The van der Waals surface area contributed by atoms with Crippen molar-refractivity contribution >= 4 is 27.8 Å². The predicted octanol–water partition coefficient (Wildman–Crippen LogP) is 3.33. The van der Waals surface area contributed by atoms with Crippen molar-refractivity contribution in [2.75, 3.05) is 6.54 Å². The molecule has 0 saturated carbocycles. The van der Waals surface area contributed by atoms with E-state index in [1.807, 2.05) is 42.8 Å². The summed E-state index contributed by atoms with van der Waals surface area (Å²) in [6.45, 7) is 4.40. The molecule has 6 nitrogen and oxygen atoms in total. The van der Waals surface area contributed by atoms with E-state index >= 15 is 0 Å². The zero-order valence-corrected chi connectivity index (χ0v) is 15.8. The molecule has 1 heterocycles. The maximum Gasteiger partial charge on any atom is 0.328 e. The number of sulfonamides is 1.